The number of hydrogen-bond donors (Lipinski definition) is 2. The van der Waals surface area contributed by atoms with E-state index in [1.54, 1.807) is 0 Å². The maximum atomic E-state index is 5.83. The van der Waals surface area contributed by atoms with E-state index >= 15 is 0 Å². The van der Waals surface area contributed by atoms with Crippen molar-refractivity contribution in [2.45, 2.75) is 19.0 Å². The molecule has 1 spiro atoms. The minimum atomic E-state index is -0.614. The van der Waals surface area contributed by atoms with E-state index < -0.39 is 5.66 Å². The van der Waals surface area contributed by atoms with Crippen molar-refractivity contribution in [3.8, 4) is 5.75 Å². The number of nitrogen functional groups attached to an aromatic ring is 1. The molecule has 0 saturated carbocycles. The molecule has 1 aromatic carbocycles. The van der Waals surface area contributed by atoms with Crippen LogP contribution in [0.2, 0.25) is 0 Å². The van der Waals surface area contributed by atoms with E-state index in [1.165, 1.54) is 0 Å². The number of hydrogen-bond acceptors (Lipinski definition) is 5. The second-order valence-corrected chi connectivity index (χ2v) is 4.36. The summed E-state index contributed by atoms with van der Waals surface area (Å²) in [5.41, 5.74) is 13.4. The van der Waals surface area contributed by atoms with Gasteiger partial charge < -0.3 is 16.2 Å². The number of rotatable bonds is 0. The lowest BCUT2D eigenvalue weighted by Gasteiger charge is -2.30. The number of nitrogens with two attached hydrogens (primary N) is 2. The summed E-state index contributed by atoms with van der Waals surface area (Å²) in [6, 6.07) is 5.55. The fraction of sp³-hybridized carbons (Fsp3) is 0.333. The largest absolute Gasteiger partial charge is 0.493 e. The predicted molar refractivity (Wildman–Crippen MR) is 67.4 cm³/mol. The maximum absolute atomic E-state index is 5.83. The summed E-state index contributed by atoms with van der Waals surface area (Å²) in [6.45, 7) is 2.46. The van der Waals surface area contributed by atoms with Gasteiger partial charge in [-0.3, -0.25) is 4.99 Å². The molecule has 88 valence electrons. The van der Waals surface area contributed by atoms with E-state index in [4.69, 9.17) is 16.2 Å². The Labute approximate surface area is 99.2 Å². The van der Waals surface area contributed by atoms with Gasteiger partial charge in [-0.15, -0.1) is 0 Å². The molecule has 0 bridgehead atoms. The molecule has 1 unspecified atom stereocenters. The molecule has 1 atom stereocenters. The van der Waals surface area contributed by atoms with Gasteiger partial charge in [0.1, 0.15) is 11.6 Å². The molecule has 17 heavy (non-hydrogen) atoms. The van der Waals surface area contributed by atoms with Crippen molar-refractivity contribution in [2.24, 2.45) is 15.7 Å². The topological polar surface area (TPSA) is 86.0 Å². The van der Waals surface area contributed by atoms with E-state index in [0.29, 0.717) is 24.6 Å². The van der Waals surface area contributed by atoms with Crippen LogP contribution in [0.25, 0.3) is 0 Å². The van der Waals surface area contributed by atoms with E-state index in [2.05, 4.69) is 9.98 Å². The second kappa shape index (κ2) is 3.23. The summed E-state index contributed by atoms with van der Waals surface area (Å²) in [5, 5.41) is 0. The summed E-state index contributed by atoms with van der Waals surface area (Å²) < 4.78 is 5.60. The minimum absolute atomic E-state index is 0.500. The van der Waals surface area contributed by atoms with Crippen LogP contribution in [-0.2, 0) is 5.66 Å². The summed E-state index contributed by atoms with van der Waals surface area (Å²) >= 11 is 0. The molecule has 0 amide bonds. The van der Waals surface area contributed by atoms with E-state index in [0.717, 1.165) is 17.0 Å². The van der Waals surface area contributed by atoms with Crippen LogP contribution in [0.3, 0.4) is 0 Å². The van der Waals surface area contributed by atoms with Crippen molar-refractivity contribution in [3.63, 3.8) is 0 Å². The van der Waals surface area contributed by atoms with Gasteiger partial charge >= 0.3 is 0 Å². The van der Waals surface area contributed by atoms with Gasteiger partial charge in [-0.25, -0.2) is 4.99 Å². The molecule has 2 aliphatic rings. The number of benzene rings is 1. The van der Waals surface area contributed by atoms with Gasteiger partial charge in [-0.1, -0.05) is 0 Å². The summed E-state index contributed by atoms with van der Waals surface area (Å²) in [5.74, 6) is 1.29. The first-order chi connectivity index (χ1) is 8.11. The van der Waals surface area contributed by atoms with Gasteiger partial charge in [0.05, 0.1) is 12.3 Å². The minimum Gasteiger partial charge on any atom is -0.493 e. The number of ether oxygens (including phenoxy) is 1. The van der Waals surface area contributed by atoms with Crippen LogP contribution in [0.5, 0.6) is 5.75 Å². The van der Waals surface area contributed by atoms with Gasteiger partial charge in [0, 0.05) is 17.7 Å². The second-order valence-electron chi connectivity index (χ2n) is 4.36. The Hall–Kier alpha value is -2.04. The number of anilines is 1. The van der Waals surface area contributed by atoms with Crippen LogP contribution >= 0.6 is 0 Å². The average Bonchev–Trinajstić information content (AvgIpc) is 2.57. The van der Waals surface area contributed by atoms with E-state index in [9.17, 15) is 0 Å². The zero-order valence-corrected chi connectivity index (χ0v) is 9.60. The number of aliphatic imine (C=N–C) groups is 2. The van der Waals surface area contributed by atoms with Crippen molar-refractivity contribution >= 4 is 17.2 Å². The fourth-order valence-corrected chi connectivity index (χ4v) is 2.30. The monoisotopic (exact) mass is 230 g/mol. The third-order valence-corrected chi connectivity index (χ3v) is 3.17. The SMILES string of the molecule is CC1=NC2(CCOc3ccc(N)cc32)N=C1N. The molecule has 2 aliphatic heterocycles. The van der Waals surface area contributed by atoms with Gasteiger partial charge in [0.15, 0.2) is 5.66 Å². The highest BCUT2D eigenvalue weighted by atomic mass is 16.5. The molecule has 3 rings (SSSR count). The summed E-state index contributed by atoms with van der Waals surface area (Å²) in [7, 11) is 0. The number of nitrogens with zero attached hydrogens (tertiary/aromatic N) is 2. The Morgan fingerprint density at radius 2 is 2.12 bits per heavy atom. The van der Waals surface area contributed by atoms with Gasteiger partial charge in [-0.2, -0.15) is 0 Å². The van der Waals surface area contributed by atoms with Crippen molar-refractivity contribution < 1.29 is 4.74 Å². The predicted octanol–water partition coefficient (Wildman–Crippen LogP) is 1.04. The van der Waals surface area contributed by atoms with E-state index in [1.807, 2.05) is 25.1 Å². The summed E-state index contributed by atoms with van der Waals surface area (Å²) in [4.78, 5) is 9.09. The zero-order valence-electron chi connectivity index (χ0n) is 9.60. The Balaban J connectivity index is 2.21. The molecular weight excluding hydrogens is 216 g/mol. The quantitative estimate of drug-likeness (QED) is 0.653. The number of fused-ring (bicyclic) bond motifs is 2. The lowest BCUT2D eigenvalue weighted by molar-refractivity contribution is 0.225. The first-order valence-corrected chi connectivity index (χ1v) is 5.56. The van der Waals surface area contributed by atoms with Crippen LogP contribution in [-0.4, -0.2) is 18.2 Å². The third kappa shape index (κ3) is 1.39. The molecule has 5 heteroatoms. The first kappa shape index (κ1) is 10.1. The molecule has 0 saturated heterocycles. The Morgan fingerprint density at radius 1 is 1.29 bits per heavy atom. The van der Waals surface area contributed by atoms with Crippen LogP contribution in [0, 0.1) is 0 Å². The lowest BCUT2D eigenvalue weighted by atomic mass is 9.94. The van der Waals surface area contributed by atoms with Crippen molar-refractivity contribution in [1.29, 1.82) is 0 Å². The van der Waals surface area contributed by atoms with Crippen LogP contribution in [0.15, 0.2) is 28.2 Å². The molecule has 5 nitrogen and oxygen atoms in total. The highest BCUT2D eigenvalue weighted by molar-refractivity contribution is 6.41. The molecule has 2 heterocycles. The normalized spacial score (nSPS) is 26.2. The Bertz CT molecular complexity index is 529. The number of amidine groups is 1. The lowest BCUT2D eigenvalue weighted by Crippen LogP contribution is -2.28. The molecule has 0 fully saturated rings. The smallest absolute Gasteiger partial charge is 0.185 e. The highest BCUT2D eigenvalue weighted by Gasteiger charge is 2.41. The molecule has 4 N–H and O–H groups in total. The van der Waals surface area contributed by atoms with Crippen LogP contribution < -0.4 is 16.2 Å². The van der Waals surface area contributed by atoms with Crippen molar-refractivity contribution in [3.05, 3.63) is 23.8 Å². The molecule has 0 aromatic heterocycles. The zero-order chi connectivity index (χ0) is 12.0. The molecule has 1 aromatic rings. The van der Waals surface area contributed by atoms with Crippen molar-refractivity contribution in [2.75, 3.05) is 12.3 Å². The van der Waals surface area contributed by atoms with E-state index in [-0.39, 0.29) is 0 Å². The third-order valence-electron chi connectivity index (χ3n) is 3.17. The first-order valence-electron chi connectivity index (χ1n) is 5.56. The molecule has 0 aliphatic carbocycles. The molecular formula is C12H14N4O. The Morgan fingerprint density at radius 3 is 2.82 bits per heavy atom. The maximum Gasteiger partial charge on any atom is 0.185 e. The molecule has 0 radical (unpaired) electrons. The van der Waals surface area contributed by atoms with Crippen LogP contribution in [0.1, 0.15) is 18.9 Å². The average molecular weight is 230 g/mol. The highest BCUT2D eigenvalue weighted by Crippen LogP contribution is 2.43. The fourth-order valence-electron chi connectivity index (χ4n) is 2.30. The van der Waals surface area contributed by atoms with Gasteiger partial charge in [0.2, 0.25) is 0 Å². The summed E-state index contributed by atoms with van der Waals surface area (Å²) in [6.07, 6.45) is 0.696. The van der Waals surface area contributed by atoms with Gasteiger partial charge in [-0.05, 0) is 25.1 Å². The van der Waals surface area contributed by atoms with Crippen LogP contribution in [0.4, 0.5) is 5.69 Å². The Kier molecular flexibility index (Phi) is 1.92. The standard InChI is InChI=1S/C12H14N4O/c1-7-11(14)16-12(15-7)4-5-17-10-3-2-8(13)6-9(10)12/h2-3,6H,4-5,13H2,1H3,(H2,14,16). The van der Waals surface area contributed by atoms with Gasteiger partial charge in [0.25, 0.3) is 0 Å². The van der Waals surface area contributed by atoms with Crippen molar-refractivity contribution in [1.82, 2.24) is 0 Å².